The van der Waals surface area contributed by atoms with Crippen LogP contribution in [0.25, 0.3) is 0 Å². The zero-order chi connectivity index (χ0) is 13.2. The molecule has 2 unspecified atom stereocenters. The third-order valence-electron chi connectivity index (χ3n) is 4.28. The van der Waals surface area contributed by atoms with Crippen LogP contribution in [0.4, 0.5) is 0 Å². The first-order chi connectivity index (χ1) is 8.54. The Morgan fingerprint density at radius 2 is 2.28 bits per heavy atom. The summed E-state index contributed by atoms with van der Waals surface area (Å²) in [5.41, 5.74) is 0.0988. The van der Waals surface area contributed by atoms with Crippen molar-refractivity contribution >= 4 is 17.7 Å². The number of nitrogens with zero attached hydrogens (tertiary/aromatic N) is 1. The first-order valence-electron chi connectivity index (χ1n) is 7.18. The van der Waals surface area contributed by atoms with Crippen molar-refractivity contribution in [2.45, 2.75) is 51.3 Å². The third kappa shape index (κ3) is 3.02. The summed E-state index contributed by atoms with van der Waals surface area (Å²) in [5, 5.41) is 4.07. The molecule has 0 aromatic rings. The van der Waals surface area contributed by atoms with Crippen LogP contribution in [0.2, 0.25) is 0 Å². The van der Waals surface area contributed by atoms with Gasteiger partial charge in [-0.1, -0.05) is 20.8 Å². The molecule has 0 aromatic carbocycles. The van der Waals surface area contributed by atoms with Gasteiger partial charge >= 0.3 is 0 Å². The molecule has 18 heavy (non-hydrogen) atoms. The number of piperidine rings is 1. The van der Waals surface area contributed by atoms with Crippen LogP contribution in [0.1, 0.15) is 40.0 Å². The zero-order valence-corrected chi connectivity index (χ0v) is 12.7. The topological polar surface area (TPSA) is 32.3 Å². The van der Waals surface area contributed by atoms with Gasteiger partial charge in [0.05, 0.1) is 6.04 Å². The lowest BCUT2D eigenvalue weighted by molar-refractivity contribution is -0.137. The zero-order valence-electron chi connectivity index (χ0n) is 11.9. The van der Waals surface area contributed by atoms with Gasteiger partial charge in [0.15, 0.2) is 0 Å². The van der Waals surface area contributed by atoms with Crippen LogP contribution < -0.4 is 5.32 Å². The van der Waals surface area contributed by atoms with Crippen LogP contribution in [0.15, 0.2) is 0 Å². The van der Waals surface area contributed by atoms with Crippen LogP contribution in [-0.2, 0) is 4.79 Å². The quantitative estimate of drug-likeness (QED) is 0.834. The van der Waals surface area contributed by atoms with Crippen LogP contribution in [0.3, 0.4) is 0 Å². The molecule has 2 rings (SSSR count). The van der Waals surface area contributed by atoms with Gasteiger partial charge in [0.2, 0.25) is 5.91 Å². The van der Waals surface area contributed by atoms with E-state index in [-0.39, 0.29) is 11.5 Å². The standard InChI is InChI=1S/C14H26N2OS/c1-4-11-10-16(8-9-18-11)13(17)12-14(2,3)6-5-7-15-12/h11-12,15H,4-10H2,1-3H3. The highest BCUT2D eigenvalue weighted by atomic mass is 32.2. The molecule has 1 amide bonds. The average molecular weight is 270 g/mol. The fourth-order valence-electron chi connectivity index (χ4n) is 2.98. The number of thioether (sulfide) groups is 1. The van der Waals surface area contributed by atoms with Crippen molar-refractivity contribution in [2.75, 3.05) is 25.4 Å². The van der Waals surface area contributed by atoms with E-state index in [0.717, 1.165) is 38.2 Å². The Kier molecular flexibility index (Phi) is 4.59. The molecule has 2 heterocycles. The molecule has 0 aromatic heterocycles. The molecular formula is C14H26N2OS. The van der Waals surface area contributed by atoms with E-state index in [0.29, 0.717) is 11.2 Å². The molecule has 2 saturated heterocycles. The highest BCUT2D eigenvalue weighted by Crippen LogP contribution is 2.32. The van der Waals surface area contributed by atoms with E-state index in [1.807, 2.05) is 11.8 Å². The second kappa shape index (κ2) is 5.83. The van der Waals surface area contributed by atoms with Gasteiger partial charge in [-0.3, -0.25) is 4.79 Å². The van der Waals surface area contributed by atoms with Gasteiger partial charge in [0, 0.05) is 24.1 Å². The predicted molar refractivity (Wildman–Crippen MR) is 77.9 cm³/mol. The van der Waals surface area contributed by atoms with Crippen molar-refractivity contribution in [3.63, 3.8) is 0 Å². The minimum atomic E-state index is 0.0202. The van der Waals surface area contributed by atoms with Gasteiger partial charge in [-0.25, -0.2) is 0 Å². The van der Waals surface area contributed by atoms with Crippen molar-refractivity contribution in [3.8, 4) is 0 Å². The summed E-state index contributed by atoms with van der Waals surface area (Å²) in [6, 6.07) is 0.0202. The van der Waals surface area contributed by atoms with Gasteiger partial charge in [-0.05, 0) is 31.2 Å². The monoisotopic (exact) mass is 270 g/mol. The van der Waals surface area contributed by atoms with Gasteiger partial charge in [-0.15, -0.1) is 0 Å². The average Bonchev–Trinajstić information content (AvgIpc) is 2.37. The minimum Gasteiger partial charge on any atom is -0.339 e. The summed E-state index contributed by atoms with van der Waals surface area (Å²) in [4.78, 5) is 14.8. The second-order valence-electron chi connectivity index (χ2n) is 6.16. The number of hydrogen-bond donors (Lipinski definition) is 1. The fraction of sp³-hybridized carbons (Fsp3) is 0.929. The highest BCUT2D eigenvalue weighted by molar-refractivity contribution is 8.00. The maximum Gasteiger partial charge on any atom is 0.240 e. The number of carbonyl (C=O) groups is 1. The summed E-state index contributed by atoms with van der Waals surface area (Å²) in [6.45, 7) is 9.51. The molecule has 1 N–H and O–H groups in total. The van der Waals surface area contributed by atoms with Crippen molar-refractivity contribution < 1.29 is 4.79 Å². The Bertz CT molecular complexity index is 306. The van der Waals surface area contributed by atoms with E-state index < -0.39 is 0 Å². The van der Waals surface area contributed by atoms with E-state index >= 15 is 0 Å². The molecule has 2 atom stereocenters. The third-order valence-corrected chi connectivity index (χ3v) is 5.65. The molecule has 4 heteroatoms. The van der Waals surface area contributed by atoms with Crippen LogP contribution in [0, 0.1) is 5.41 Å². The molecular weight excluding hydrogens is 244 g/mol. The normalized spacial score (nSPS) is 32.3. The summed E-state index contributed by atoms with van der Waals surface area (Å²) in [5.74, 6) is 1.43. The first kappa shape index (κ1) is 14.2. The lowest BCUT2D eigenvalue weighted by Crippen LogP contribution is -2.58. The Morgan fingerprint density at radius 3 is 2.94 bits per heavy atom. The van der Waals surface area contributed by atoms with E-state index in [1.165, 1.54) is 6.42 Å². The fourth-order valence-corrected chi connectivity index (χ4v) is 4.16. The number of nitrogens with one attached hydrogen (secondary N) is 1. The molecule has 104 valence electrons. The number of amides is 1. The Morgan fingerprint density at radius 1 is 1.50 bits per heavy atom. The molecule has 0 bridgehead atoms. The first-order valence-corrected chi connectivity index (χ1v) is 8.23. The van der Waals surface area contributed by atoms with E-state index in [2.05, 4.69) is 31.0 Å². The number of carbonyl (C=O) groups excluding carboxylic acids is 1. The van der Waals surface area contributed by atoms with Crippen molar-refractivity contribution in [1.29, 1.82) is 0 Å². The summed E-state index contributed by atoms with van der Waals surface area (Å²) in [7, 11) is 0. The maximum absolute atomic E-state index is 12.7. The molecule has 0 saturated carbocycles. The van der Waals surface area contributed by atoms with E-state index in [1.54, 1.807) is 0 Å². The van der Waals surface area contributed by atoms with Gasteiger partial charge < -0.3 is 10.2 Å². The van der Waals surface area contributed by atoms with Gasteiger partial charge in [-0.2, -0.15) is 11.8 Å². The van der Waals surface area contributed by atoms with Crippen molar-refractivity contribution in [3.05, 3.63) is 0 Å². The summed E-state index contributed by atoms with van der Waals surface area (Å²) >= 11 is 2.02. The molecule has 0 aliphatic carbocycles. The summed E-state index contributed by atoms with van der Waals surface area (Å²) < 4.78 is 0. The lowest BCUT2D eigenvalue weighted by atomic mass is 9.77. The van der Waals surface area contributed by atoms with Crippen LogP contribution in [-0.4, -0.2) is 47.5 Å². The van der Waals surface area contributed by atoms with Gasteiger partial charge in [0.1, 0.15) is 0 Å². The summed E-state index contributed by atoms with van der Waals surface area (Å²) in [6.07, 6.45) is 3.50. The second-order valence-corrected chi connectivity index (χ2v) is 7.57. The Labute approximate surface area is 115 Å². The largest absolute Gasteiger partial charge is 0.339 e. The highest BCUT2D eigenvalue weighted by Gasteiger charge is 2.40. The smallest absolute Gasteiger partial charge is 0.240 e. The maximum atomic E-state index is 12.7. The predicted octanol–water partition coefficient (Wildman–Crippen LogP) is 2.12. The minimum absolute atomic E-state index is 0.0202. The molecule has 2 aliphatic heterocycles. The SMILES string of the molecule is CCC1CN(C(=O)C2NCCCC2(C)C)CCS1. The van der Waals surface area contributed by atoms with Crippen LogP contribution in [0.5, 0.6) is 0 Å². The van der Waals surface area contributed by atoms with Crippen molar-refractivity contribution in [2.24, 2.45) is 5.41 Å². The van der Waals surface area contributed by atoms with E-state index in [4.69, 9.17) is 0 Å². The molecule has 2 fully saturated rings. The van der Waals surface area contributed by atoms with Crippen LogP contribution >= 0.6 is 11.8 Å². The van der Waals surface area contributed by atoms with Gasteiger partial charge in [0.25, 0.3) is 0 Å². The van der Waals surface area contributed by atoms with Crippen molar-refractivity contribution in [1.82, 2.24) is 10.2 Å². The molecule has 0 spiro atoms. The Balaban J connectivity index is 2.01. The number of hydrogen-bond acceptors (Lipinski definition) is 3. The molecule has 2 aliphatic rings. The Hall–Kier alpha value is -0.220. The van der Waals surface area contributed by atoms with E-state index in [9.17, 15) is 4.79 Å². The molecule has 0 radical (unpaired) electrons. The lowest BCUT2D eigenvalue weighted by Gasteiger charge is -2.42. The number of rotatable bonds is 2. The molecule has 3 nitrogen and oxygen atoms in total.